The molecule has 86 valence electrons. The van der Waals surface area contributed by atoms with Crippen LogP contribution >= 0.6 is 0 Å². The molecular formula is C13H24N2. The van der Waals surface area contributed by atoms with Crippen molar-refractivity contribution in [1.82, 2.24) is 10.2 Å². The van der Waals surface area contributed by atoms with Crippen LogP contribution in [0.4, 0.5) is 0 Å². The second-order valence-electron chi connectivity index (χ2n) is 5.85. The molecule has 0 amide bonds. The highest BCUT2D eigenvalue weighted by Crippen LogP contribution is 2.36. The number of hydrogen-bond donors (Lipinski definition) is 1. The summed E-state index contributed by atoms with van der Waals surface area (Å²) < 4.78 is 0. The molecule has 2 atom stereocenters. The van der Waals surface area contributed by atoms with Crippen molar-refractivity contribution < 1.29 is 0 Å². The minimum absolute atomic E-state index is 0.799. The fourth-order valence-electron chi connectivity index (χ4n) is 2.97. The summed E-state index contributed by atoms with van der Waals surface area (Å²) >= 11 is 0. The van der Waals surface area contributed by atoms with Gasteiger partial charge in [-0.3, -0.25) is 4.90 Å². The topological polar surface area (TPSA) is 15.3 Å². The molecule has 1 heterocycles. The number of nitrogens with one attached hydrogen (secondary N) is 1. The molecule has 0 radical (unpaired) electrons. The lowest BCUT2D eigenvalue weighted by molar-refractivity contribution is 0.132. The van der Waals surface area contributed by atoms with Gasteiger partial charge in [-0.1, -0.05) is 0 Å². The lowest BCUT2D eigenvalue weighted by Gasteiger charge is -2.37. The van der Waals surface area contributed by atoms with Crippen LogP contribution in [0.25, 0.3) is 0 Å². The number of nitrogens with zero attached hydrogens (tertiary/aromatic N) is 1. The molecule has 2 aliphatic carbocycles. The van der Waals surface area contributed by atoms with E-state index in [4.69, 9.17) is 0 Å². The van der Waals surface area contributed by atoms with Crippen LogP contribution in [0.15, 0.2) is 0 Å². The Hall–Kier alpha value is -0.0800. The normalized spacial score (nSPS) is 35.4. The highest BCUT2D eigenvalue weighted by Gasteiger charge is 2.35. The van der Waals surface area contributed by atoms with Gasteiger partial charge in [0.15, 0.2) is 0 Å². The fourth-order valence-corrected chi connectivity index (χ4v) is 2.97. The molecule has 1 aliphatic heterocycles. The Kier molecular flexibility index (Phi) is 2.73. The van der Waals surface area contributed by atoms with Crippen molar-refractivity contribution in [2.75, 3.05) is 13.1 Å². The zero-order valence-corrected chi connectivity index (χ0v) is 9.91. The van der Waals surface area contributed by atoms with E-state index in [1.54, 1.807) is 0 Å². The third-order valence-electron chi connectivity index (χ3n) is 4.38. The van der Waals surface area contributed by atoms with Crippen molar-refractivity contribution >= 4 is 0 Å². The smallest absolute Gasteiger partial charge is 0.0198 e. The lowest BCUT2D eigenvalue weighted by Crippen LogP contribution is -2.49. The molecule has 15 heavy (non-hydrogen) atoms. The molecule has 2 saturated carbocycles. The van der Waals surface area contributed by atoms with E-state index in [9.17, 15) is 0 Å². The van der Waals surface area contributed by atoms with Crippen LogP contribution in [-0.4, -0.2) is 36.1 Å². The third kappa shape index (κ3) is 2.54. The van der Waals surface area contributed by atoms with Crippen molar-refractivity contribution in [2.24, 2.45) is 5.92 Å². The highest BCUT2D eigenvalue weighted by molar-refractivity contribution is 4.92. The van der Waals surface area contributed by atoms with Crippen molar-refractivity contribution in [1.29, 1.82) is 0 Å². The molecule has 0 aromatic heterocycles. The van der Waals surface area contributed by atoms with Crippen molar-refractivity contribution in [3.8, 4) is 0 Å². The predicted octanol–water partition coefficient (Wildman–Crippen LogP) is 2.00. The summed E-state index contributed by atoms with van der Waals surface area (Å²) in [7, 11) is 0. The van der Waals surface area contributed by atoms with Crippen LogP contribution in [0.5, 0.6) is 0 Å². The predicted molar refractivity (Wildman–Crippen MR) is 62.9 cm³/mol. The van der Waals surface area contributed by atoms with Crippen molar-refractivity contribution in [2.45, 2.75) is 63.6 Å². The second-order valence-corrected chi connectivity index (χ2v) is 5.85. The summed E-state index contributed by atoms with van der Waals surface area (Å²) in [6.45, 7) is 5.10. The van der Waals surface area contributed by atoms with Crippen LogP contribution in [0.3, 0.4) is 0 Å². The van der Waals surface area contributed by atoms with Gasteiger partial charge in [0, 0.05) is 24.7 Å². The van der Waals surface area contributed by atoms with E-state index in [-0.39, 0.29) is 0 Å². The molecule has 0 spiro atoms. The first kappa shape index (κ1) is 10.1. The van der Waals surface area contributed by atoms with E-state index in [0.29, 0.717) is 0 Å². The average Bonchev–Trinajstić information content (AvgIpc) is 3.10. The summed E-state index contributed by atoms with van der Waals surface area (Å²) in [6, 6.07) is 2.53. The molecule has 2 nitrogen and oxygen atoms in total. The summed E-state index contributed by atoms with van der Waals surface area (Å²) in [4.78, 5) is 2.74. The van der Waals surface area contributed by atoms with E-state index in [1.165, 1.54) is 51.6 Å². The van der Waals surface area contributed by atoms with Gasteiger partial charge in [-0.15, -0.1) is 0 Å². The molecule has 2 heteroatoms. The van der Waals surface area contributed by atoms with Crippen LogP contribution < -0.4 is 5.32 Å². The van der Waals surface area contributed by atoms with Crippen LogP contribution in [0.1, 0.15) is 45.4 Å². The first-order valence-corrected chi connectivity index (χ1v) is 6.83. The maximum atomic E-state index is 3.80. The van der Waals surface area contributed by atoms with E-state index in [0.717, 1.165) is 24.0 Å². The van der Waals surface area contributed by atoms with Crippen molar-refractivity contribution in [3.05, 3.63) is 0 Å². The Morgan fingerprint density at radius 1 is 1.07 bits per heavy atom. The zero-order valence-electron chi connectivity index (χ0n) is 9.91. The Labute approximate surface area is 93.4 Å². The molecule has 0 aromatic carbocycles. The standard InChI is InChI=1S/C13H24N2/c1-10(11-4-5-11)15-8-2-3-13(9-15)14-12-6-7-12/h10-14H,2-9H2,1H3. The van der Waals surface area contributed by atoms with Gasteiger partial charge >= 0.3 is 0 Å². The van der Waals surface area contributed by atoms with Crippen LogP contribution in [0, 0.1) is 5.92 Å². The maximum Gasteiger partial charge on any atom is 0.0198 e. The molecule has 0 bridgehead atoms. The molecule has 0 aromatic rings. The van der Waals surface area contributed by atoms with E-state index in [2.05, 4.69) is 17.1 Å². The first-order valence-electron chi connectivity index (χ1n) is 6.83. The number of piperidine rings is 1. The Balaban J connectivity index is 1.50. The van der Waals surface area contributed by atoms with E-state index < -0.39 is 0 Å². The molecule has 3 fully saturated rings. The summed E-state index contributed by atoms with van der Waals surface area (Å²) in [5.74, 6) is 1.03. The Morgan fingerprint density at radius 2 is 1.87 bits per heavy atom. The third-order valence-corrected chi connectivity index (χ3v) is 4.38. The quantitative estimate of drug-likeness (QED) is 0.760. The average molecular weight is 208 g/mol. The summed E-state index contributed by atoms with van der Waals surface area (Å²) in [5, 5.41) is 3.80. The van der Waals surface area contributed by atoms with Gasteiger partial charge in [0.05, 0.1) is 0 Å². The van der Waals surface area contributed by atoms with E-state index >= 15 is 0 Å². The van der Waals surface area contributed by atoms with Gasteiger partial charge in [-0.2, -0.15) is 0 Å². The van der Waals surface area contributed by atoms with Crippen LogP contribution in [0.2, 0.25) is 0 Å². The fraction of sp³-hybridized carbons (Fsp3) is 1.00. The molecule has 2 unspecified atom stereocenters. The second kappa shape index (κ2) is 4.06. The minimum atomic E-state index is 0.799. The highest BCUT2D eigenvalue weighted by atomic mass is 15.2. The lowest BCUT2D eigenvalue weighted by atomic mass is 10.0. The van der Waals surface area contributed by atoms with Gasteiger partial charge in [-0.05, 0) is 57.9 Å². The molecule has 3 aliphatic rings. The van der Waals surface area contributed by atoms with Gasteiger partial charge in [-0.25, -0.2) is 0 Å². The first-order chi connectivity index (χ1) is 7.33. The largest absolute Gasteiger partial charge is 0.310 e. The van der Waals surface area contributed by atoms with Gasteiger partial charge in [0.1, 0.15) is 0 Å². The SMILES string of the molecule is CC(C1CC1)N1CCCC(NC2CC2)C1. The zero-order chi connectivity index (χ0) is 10.3. The number of rotatable bonds is 4. The van der Waals surface area contributed by atoms with Crippen LogP contribution in [-0.2, 0) is 0 Å². The molecule has 1 N–H and O–H groups in total. The van der Waals surface area contributed by atoms with Gasteiger partial charge in [0.25, 0.3) is 0 Å². The Bertz CT molecular complexity index is 221. The summed E-state index contributed by atoms with van der Waals surface area (Å²) in [6.07, 6.45) is 8.63. The minimum Gasteiger partial charge on any atom is -0.310 e. The number of hydrogen-bond acceptors (Lipinski definition) is 2. The maximum absolute atomic E-state index is 3.80. The Morgan fingerprint density at radius 3 is 2.53 bits per heavy atom. The molecule has 1 saturated heterocycles. The van der Waals surface area contributed by atoms with Crippen molar-refractivity contribution in [3.63, 3.8) is 0 Å². The molecule has 3 rings (SSSR count). The summed E-state index contributed by atoms with van der Waals surface area (Å²) in [5.41, 5.74) is 0. The van der Waals surface area contributed by atoms with Gasteiger partial charge in [0.2, 0.25) is 0 Å². The van der Waals surface area contributed by atoms with E-state index in [1.807, 2.05) is 0 Å². The monoisotopic (exact) mass is 208 g/mol. The number of likely N-dealkylation sites (tertiary alicyclic amines) is 1. The van der Waals surface area contributed by atoms with Gasteiger partial charge < -0.3 is 5.32 Å². The molecular weight excluding hydrogens is 184 g/mol.